The van der Waals surface area contributed by atoms with Gasteiger partial charge in [0.05, 0.1) is 11.7 Å². The SMILES string of the molecule is CC(C1CC1)C(NN)c1ccnn1C. The van der Waals surface area contributed by atoms with Crippen LogP contribution < -0.4 is 11.3 Å². The van der Waals surface area contributed by atoms with Crippen LogP contribution in [0.2, 0.25) is 0 Å². The highest BCUT2D eigenvalue weighted by molar-refractivity contribution is 5.09. The number of nitrogens with zero attached hydrogens (tertiary/aromatic N) is 2. The Morgan fingerprint density at radius 1 is 1.64 bits per heavy atom. The van der Waals surface area contributed by atoms with Crippen molar-refractivity contribution in [3.8, 4) is 0 Å². The normalized spacial score (nSPS) is 20.8. The lowest BCUT2D eigenvalue weighted by atomic mass is 9.94. The number of nitrogens with one attached hydrogen (secondary N) is 1. The fraction of sp³-hybridized carbons (Fsp3) is 0.700. The number of hydrogen-bond donors (Lipinski definition) is 2. The first-order valence-electron chi connectivity index (χ1n) is 5.18. The molecule has 1 aromatic rings. The quantitative estimate of drug-likeness (QED) is 0.554. The molecule has 3 N–H and O–H groups in total. The Hall–Kier alpha value is -0.870. The molecule has 0 saturated heterocycles. The summed E-state index contributed by atoms with van der Waals surface area (Å²) in [4.78, 5) is 0. The topological polar surface area (TPSA) is 55.9 Å². The number of rotatable bonds is 4. The molecule has 0 radical (unpaired) electrons. The van der Waals surface area contributed by atoms with Gasteiger partial charge in [-0.25, -0.2) is 0 Å². The summed E-state index contributed by atoms with van der Waals surface area (Å²) < 4.78 is 1.89. The summed E-state index contributed by atoms with van der Waals surface area (Å²) in [6, 6.07) is 2.26. The largest absolute Gasteiger partial charge is 0.271 e. The van der Waals surface area contributed by atoms with E-state index < -0.39 is 0 Å². The molecule has 1 aliphatic carbocycles. The summed E-state index contributed by atoms with van der Waals surface area (Å²) in [6.07, 6.45) is 4.51. The van der Waals surface area contributed by atoms with Crippen LogP contribution in [0.3, 0.4) is 0 Å². The molecule has 2 rings (SSSR count). The summed E-state index contributed by atoms with van der Waals surface area (Å²) >= 11 is 0. The van der Waals surface area contributed by atoms with Gasteiger partial charge in [0, 0.05) is 13.2 Å². The molecular formula is C10H18N4. The van der Waals surface area contributed by atoms with E-state index in [0.29, 0.717) is 5.92 Å². The summed E-state index contributed by atoms with van der Waals surface area (Å²) in [5, 5.41) is 4.17. The highest BCUT2D eigenvalue weighted by Crippen LogP contribution is 2.42. The molecule has 1 aliphatic rings. The average Bonchev–Trinajstić information content (AvgIpc) is 2.94. The van der Waals surface area contributed by atoms with Crippen LogP contribution in [0.15, 0.2) is 12.3 Å². The predicted molar refractivity (Wildman–Crippen MR) is 55.2 cm³/mol. The van der Waals surface area contributed by atoms with Gasteiger partial charge in [0.1, 0.15) is 0 Å². The molecular weight excluding hydrogens is 176 g/mol. The van der Waals surface area contributed by atoms with Crippen LogP contribution in [0.5, 0.6) is 0 Å². The van der Waals surface area contributed by atoms with Gasteiger partial charge in [-0.1, -0.05) is 6.92 Å². The molecule has 0 bridgehead atoms. The molecule has 0 aromatic carbocycles. The van der Waals surface area contributed by atoms with Crippen molar-refractivity contribution in [3.05, 3.63) is 18.0 Å². The predicted octanol–water partition coefficient (Wildman–Crippen LogP) is 0.971. The zero-order chi connectivity index (χ0) is 10.1. The second-order valence-corrected chi connectivity index (χ2v) is 4.22. The monoisotopic (exact) mass is 194 g/mol. The number of nitrogens with two attached hydrogens (primary N) is 1. The van der Waals surface area contributed by atoms with Crippen molar-refractivity contribution in [2.24, 2.45) is 24.7 Å². The van der Waals surface area contributed by atoms with Crippen molar-refractivity contribution in [1.82, 2.24) is 15.2 Å². The summed E-state index contributed by atoms with van der Waals surface area (Å²) in [6.45, 7) is 2.26. The van der Waals surface area contributed by atoms with Gasteiger partial charge in [-0.05, 0) is 30.7 Å². The molecule has 14 heavy (non-hydrogen) atoms. The molecule has 1 fully saturated rings. The zero-order valence-electron chi connectivity index (χ0n) is 8.77. The van der Waals surface area contributed by atoms with E-state index >= 15 is 0 Å². The van der Waals surface area contributed by atoms with Crippen LogP contribution in [0.1, 0.15) is 31.5 Å². The molecule has 0 amide bonds. The Kier molecular flexibility index (Phi) is 2.56. The third kappa shape index (κ3) is 1.67. The maximum atomic E-state index is 5.61. The smallest absolute Gasteiger partial charge is 0.0657 e. The van der Waals surface area contributed by atoms with Crippen LogP contribution in [-0.2, 0) is 7.05 Å². The third-order valence-electron chi connectivity index (χ3n) is 3.25. The number of hydrogen-bond acceptors (Lipinski definition) is 3. The fourth-order valence-corrected chi connectivity index (χ4v) is 2.09. The van der Waals surface area contributed by atoms with Gasteiger partial charge in [0.25, 0.3) is 0 Å². The number of hydrazine groups is 1. The summed E-state index contributed by atoms with van der Waals surface area (Å²) in [5.74, 6) is 7.04. The van der Waals surface area contributed by atoms with Crippen LogP contribution in [0.25, 0.3) is 0 Å². The van der Waals surface area contributed by atoms with Crippen molar-refractivity contribution in [2.75, 3.05) is 0 Å². The molecule has 4 nitrogen and oxygen atoms in total. The Morgan fingerprint density at radius 3 is 2.79 bits per heavy atom. The van der Waals surface area contributed by atoms with E-state index in [4.69, 9.17) is 5.84 Å². The first-order valence-corrected chi connectivity index (χ1v) is 5.18. The molecule has 0 spiro atoms. The van der Waals surface area contributed by atoms with Gasteiger partial charge in [0.2, 0.25) is 0 Å². The maximum Gasteiger partial charge on any atom is 0.0657 e. The van der Waals surface area contributed by atoms with Crippen molar-refractivity contribution >= 4 is 0 Å². The van der Waals surface area contributed by atoms with Crippen molar-refractivity contribution in [1.29, 1.82) is 0 Å². The molecule has 0 aliphatic heterocycles. The Bertz CT molecular complexity index is 303. The first-order chi connectivity index (χ1) is 6.74. The van der Waals surface area contributed by atoms with Gasteiger partial charge in [-0.3, -0.25) is 16.0 Å². The standard InChI is InChI=1S/C10H18N4/c1-7(8-3-4-8)10(13-11)9-5-6-12-14(9)2/h5-8,10,13H,3-4,11H2,1-2H3. The minimum Gasteiger partial charge on any atom is -0.271 e. The highest BCUT2D eigenvalue weighted by Gasteiger charge is 2.34. The Labute approximate surface area is 84.4 Å². The number of aromatic nitrogens is 2. The van der Waals surface area contributed by atoms with Crippen LogP contribution in [0.4, 0.5) is 0 Å². The average molecular weight is 194 g/mol. The molecule has 2 unspecified atom stereocenters. The van der Waals surface area contributed by atoms with Crippen LogP contribution >= 0.6 is 0 Å². The molecule has 1 heterocycles. The van der Waals surface area contributed by atoms with E-state index in [2.05, 4.69) is 17.4 Å². The van der Waals surface area contributed by atoms with Crippen molar-refractivity contribution in [2.45, 2.75) is 25.8 Å². The zero-order valence-corrected chi connectivity index (χ0v) is 8.77. The minimum absolute atomic E-state index is 0.231. The lowest BCUT2D eigenvalue weighted by Crippen LogP contribution is -2.34. The van der Waals surface area contributed by atoms with Crippen LogP contribution in [0, 0.1) is 11.8 Å². The first kappa shape index (κ1) is 9.68. The van der Waals surface area contributed by atoms with Crippen molar-refractivity contribution in [3.63, 3.8) is 0 Å². The maximum absolute atomic E-state index is 5.61. The van der Waals surface area contributed by atoms with E-state index in [9.17, 15) is 0 Å². The van der Waals surface area contributed by atoms with E-state index in [1.165, 1.54) is 18.5 Å². The van der Waals surface area contributed by atoms with E-state index in [0.717, 1.165) is 5.92 Å². The molecule has 78 valence electrons. The van der Waals surface area contributed by atoms with Gasteiger partial charge in [0.15, 0.2) is 0 Å². The molecule has 1 aromatic heterocycles. The number of aryl methyl sites for hydroxylation is 1. The molecule has 1 saturated carbocycles. The second kappa shape index (κ2) is 3.71. The summed E-state index contributed by atoms with van der Waals surface area (Å²) in [7, 11) is 1.96. The van der Waals surface area contributed by atoms with E-state index in [-0.39, 0.29) is 6.04 Å². The molecule has 2 atom stereocenters. The van der Waals surface area contributed by atoms with Crippen LogP contribution in [-0.4, -0.2) is 9.78 Å². The fourth-order valence-electron chi connectivity index (χ4n) is 2.09. The Morgan fingerprint density at radius 2 is 2.36 bits per heavy atom. The van der Waals surface area contributed by atoms with E-state index in [1.54, 1.807) is 0 Å². The highest BCUT2D eigenvalue weighted by atomic mass is 15.3. The van der Waals surface area contributed by atoms with Gasteiger partial charge in [-0.2, -0.15) is 5.10 Å². The Balaban J connectivity index is 2.16. The lowest BCUT2D eigenvalue weighted by Gasteiger charge is -2.23. The van der Waals surface area contributed by atoms with Gasteiger partial charge < -0.3 is 0 Å². The minimum atomic E-state index is 0.231. The van der Waals surface area contributed by atoms with Gasteiger partial charge >= 0.3 is 0 Å². The van der Waals surface area contributed by atoms with Crippen molar-refractivity contribution < 1.29 is 0 Å². The van der Waals surface area contributed by atoms with E-state index in [1.807, 2.05) is 24.0 Å². The second-order valence-electron chi connectivity index (χ2n) is 4.22. The molecule has 4 heteroatoms. The summed E-state index contributed by atoms with van der Waals surface area (Å²) in [5.41, 5.74) is 4.08. The van der Waals surface area contributed by atoms with Gasteiger partial charge in [-0.15, -0.1) is 0 Å². The lowest BCUT2D eigenvalue weighted by molar-refractivity contribution is 0.338. The third-order valence-corrected chi connectivity index (χ3v) is 3.25.